The Balaban J connectivity index is 2.50. The van der Waals surface area contributed by atoms with Crippen LogP contribution in [0.15, 0.2) is 60.7 Å². The van der Waals surface area contributed by atoms with Crippen molar-refractivity contribution in [2.75, 3.05) is 12.3 Å². The molecule has 1 nitrogen and oxygen atoms in total. The van der Waals surface area contributed by atoms with Crippen molar-refractivity contribution in [1.29, 1.82) is 0 Å². The molecule has 0 saturated heterocycles. The van der Waals surface area contributed by atoms with Crippen molar-refractivity contribution >= 4 is 23.8 Å². The van der Waals surface area contributed by atoms with Gasteiger partial charge >= 0.3 is 0 Å². The Morgan fingerprint density at radius 3 is 1.83 bits per heavy atom. The van der Waals surface area contributed by atoms with Gasteiger partial charge in [0.05, 0.1) is 0 Å². The highest BCUT2D eigenvalue weighted by molar-refractivity contribution is 7.83. The quantitative estimate of drug-likeness (QED) is 0.428. The number of rotatable bonds is 9. The first-order valence-corrected chi connectivity index (χ1v) is 11.3. The molecular formula is C22H29OP. The van der Waals surface area contributed by atoms with Gasteiger partial charge in [-0.1, -0.05) is 94.2 Å². The van der Waals surface area contributed by atoms with Crippen LogP contribution in [-0.4, -0.2) is 23.9 Å². The van der Waals surface area contributed by atoms with Gasteiger partial charge < -0.3 is 0 Å². The van der Waals surface area contributed by atoms with Gasteiger partial charge in [0.15, 0.2) is 5.78 Å². The second-order valence-electron chi connectivity index (χ2n) is 6.38. The van der Waals surface area contributed by atoms with Crippen LogP contribution in [0.1, 0.15) is 49.9 Å². The summed E-state index contributed by atoms with van der Waals surface area (Å²) >= 11 is 0. The lowest BCUT2D eigenvalue weighted by Gasteiger charge is -2.27. The topological polar surface area (TPSA) is 17.1 Å². The van der Waals surface area contributed by atoms with Gasteiger partial charge in [-0.15, -0.1) is 0 Å². The molecule has 0 aromatic heterocycles. The summed E-state index contributed by atoms with van der Waals surface area (Å²) < 4.78 is 0. The molecule has 0 spiro atoms. The Kier molecular flexibility index (Phi) is 7.53. The zero-order chi connectivity index (χ0) is 17.3. The maximum absolute atomic E-state index is 12.9. The molecule has 128 valence electrons. The van der Waals surface area contributed by atoms with Crippen LogP contribution in [0.5, 0.6) is 0 Å². The lowest BCUT2D eigenvalue weighted by Crippen LogP contribution is -2.17. The molecule has 0 heterocycles. The van der Waals surface area contributed by atoms with E-state index in [9.17, 15) is 4.79 Å². The van der Waals surface area contributed by atoms with Crippen molar-refractivity contribution in [3.05, 3.63) is 66.2 Å². The highest BCUT2D eigenvalue weighted by Crippen LogP contribution is 2.47. The third kappa shape index (κ3) is 4.95. The number of carbonyl (C=O) groups is 1. The van der Waals surface area contributed by atoms with Crippen LogP contribution in [0.25, 0.3) is 0 Å². The number of hydrogen-bond acceptors (Lipinski definition) is 1. The van der Waals surface area contributed by atoms with Gasteiger partial charge in [-0.05, 0) is 36.3 Å². The molecule has 0 atom stereocenters. The molecule has 0 N–H and O–H groups in total. The Labute approximate surface area is 147 Å². The Bertz CT molecular complexity index is 662. The van der Waals surface area contributed by atoms with Crippen molar-refractivity contribution in [2.24, 2.45) is 0 Å². The standard InChI is InChI=1S/C22H29OP/c1-3-5-17-24(18-6-4-2,21-15-11-8-12-16-21)19-22(23)20-13-9-7-10-14-20/h7-16,19H,3-6,17-18H2,1-2H3. The third-order valence-corrected chi connectivity index (χ3v) is 8.80. The maximum atomic E-state index is 12.9. The molecule has 0 unspecified atom stereocenters. The molecule has 2 aromatic carbocycles. The Morgan fingerprint density at radius 1 is 0.833 bits per heavy atom. The van der Waals surface area contributed by atoms with Crippen LogP contribution < -0.4 is 5.30 Å². The summed E-state index contributed by atoms with van der Waals surface area (Å²) in [5, 5.41) is 1.39. The summed E-state index contributed by atoms with van der Waals surface area (Å²) in [6.45, 7) is 2.89. The minimum absolute atomic E-state index is 0.194. The lowest BCUT2D eigenvalue weighted by molar-refractivity contribution is 0.107. The normalized spacial score (nSPS) is 11.2. The summed E-state index contributed by atoms with van der Waals surface area (Å²) in [5.41, 5.74) is 0.811. The molecule has 0 fully saturated rings. The number of carbonyl (C=O) groups excluding carboxylic acids is 1. The molecule has 2 rings (SSSR count). The van der Waals surface area contributed by atoms with Crippen molar-refractivity contribution in [3.63, 3.8) is 0 Å². The van der Waals surface area contributed by atoms with Crippen molar-refractivity contribution in [1.82, 2.24) is 0 Å². The van der Waals surface area contributed by atoms with E-state index in [2.05, 4.69) is 50.0 Å². The van der Waals surface area contributed by atoms with E-state index in [0.29, 0.717) is 0 Å². The van der Waals surface area contributed by atoms with Crippen molar-refractivity contribution < 1.29 is 4.79 Å². The number of ketones is 1. The molecule has 0 saturated carbocycles. The van der Waals surface area contributed by atoms with E-state index in [0.717, 1.165) is 17.9 Å². The average Bonchev–Trinajstić information content (AvgIpc) is 2.65. The van der Waals surface area contributed by atoms with Crippen molar-refractivity contribution in [2.45, 2.75) is 39.5 Å². The predicted octanol–water partition coefficient (Wildman–Crippen LogP) is 5.61. The first-order valence-electron chi connectivity index (χ1n) is 9.09. The molecule has 2 heteroatoms. The summed E-state index contributed by atoms with van der Waals surface area (Å²) in [5.74, 6) is 2.31. The summed E-state index contributed by atoms with van der Waals surface area (Å²) in [6, 6.07) is 20.5. The molecule has 24 heavy (non-hydrogen) atoms. The summed E-state index contributed by atoms with van der Waals surface area (Å²) in [6.07, 6.45) is 7.01. The number of benzene rings is 2. The van der Waals surface area contributed by atoms with Gasteiger partial charge in [0.25, 0.3) is 0 Å². The van der Waals surface area contributed by atoms with Crippen LogP contribution in [0.2, 0.25) is 0 Å². The maximum Gasteiger partial charge on any atom is 0.186 e. The molecule has 2 aromatic rings. The lowest BCUT2D eigenvalue weighted by atomic mass is 10.2. The predicted molar refractivity (Wildman–Crippen MR) is 109 cm³/mol. The number of unbranched alkanes of at least 4 members (excludes halogenated alkanes) is 2. The first kappa shape index (κ1) is 18.7. The highest BCUT2D eigenvalue weighted by atomic mass is 31.2. The van der Waals surface area contributed by atoms with Gasteiger partial charge in [0, 0.05) is 5.56 Å². The SMILES string of the molecule is CCCCP(=CC(=O)c1ccccc1)(CCCC)c1ccccc1. The third-order valence-electron chi connectivity index (χ3n) is 4.51. The van der Waals surface area contributed by atoms with Crippen molar-refractivity contribution in [3.8, 4) is 0 Å². The van der Waals surface area contributed by atoms with Crippen LogP contribution in [0.4, 0.5) is 0 Å². The van der Waals surface area contributed by atoms with E-state index in [1.54, 1.807) is 0 Å². The molecule has 0 amide bonds. The van der Waals surface area contributed by atoms with E-state index in [4.69, 9.17) is 0 Å². The van der Waals surface area contributed by atoms with Crippen LogP contribution in [-0.2, 0) is 0 Å². The van der Waals surface area contributed by atoms with Gasteiger partial charge in [0.1, 0.15) is 0 Å². The fraction of sp³-hybridized carbons (Fsp3) is 0.364. The Hall–Kier alpha value is -1.59. The van der Waals surface area contributed by atoms with Gasteiger partial charge in [-0.25, -0.2) is 0 Å². The molecule has 0 bridgehead atoms. The summed E-state index contributed by atoms with van der Waals surface area (Å²) in [4.78, 5) is 12.9. The fourth-order valence-electron chi connectivity index (χ4n) is 3.08. The van der Waals surface area contributed by atoms with Gasteiger partial charge in [0.2, 0.25) is 0 Å². The molecule has 0 aliphatic heterocycles. The van der Waals surface area contributed by atoms with E-state index >= 15 is 0 Å². The monoisotopic (exact) mass is 340 g/mol. The van der Waals surface area contributed by atoms with Crippen LogP contribution in [0.3, 0.4) is 0 Å². The van der Waals surface area contributed by atoms with Gasteiger partial charge in [-0.2, -0.15) is 0 Å². The highest BCUT2D eigenvalue weighted by Gasteiger charge is 2.21. The zero-order valence-corrected chi connectivity index (χ0v) is 15.8. The second-order valence-corrected chi connectivity index (χ2v) is 10.1. The molecule has 0 aliphatic carbocycles. The van der Waals surface area contributed by atoms with Crippen LogP contribution >= 0.6 is 6.89 Å². The number of hydrogen-bond donors (Lipinski definition) is 0. The summed E-state index contributed by atoms with van der Waals surface area (Å²) in [7, 11) is 0. The van der Waals surface area contributed by atoms with E-state index in [-0.39, 0.29) is 5.78 Å². The molecule has 0 aliphatic rings. The first-order chi connectivity index (χ1) is 11.7. The number of Topliss-reactive ketones (excluding diaryl/α,β-unsaturated/α-hetero) is 1. The van der Waals surface area contributed by atoms with E-state index in [1.807, 2.05) is 30.3 Å². The largest absolute Gasteiger partial charge is 0.289 e. The minimum Gasteiger partial charge on any atom is -0.289 e. The van der Waals surface area contributed by atoms with E-state index in [1.165, 1.54) is 31.0 Å². The smallest absolute Gasteiger partial charge is 0.186 e. The van der Waals surface area contributed by atoms with Gasteiger partial charge in [-0.3, -0.25) is 4.79 Å². The van der Waals surface area contributed by atoms with E-state index < -0.39 is 6.89 Å². The second kappa shape index (κ2) is 9.64. The zero-order valence-electron chi connectivity index (χ0n) is 14.9. The molecule has 0 radical (unpaired) electrons. The minimum atomic E-state index is -1.58. The average molecular weight is 340 g/mol. The fourth-order valence-corrected chi connectivity index (χ4v) is 7.35. The Morgan fingerprint density at radius 2 is 1.33 bits per heavy atom. The molecular weight excluding hydrogens is 311 g/mol. The van der Waals surface area contributed by atoms with Crippen LogP contribution in [0, 0.1) is 0 Å².